The van der Waals surface area contributed by atoms with Crippen LogP contribution in [-0.4, -0.2) is 28.1 Å². The molecule has 1 fully saturated rings. The third-order valence-electron chi connectivity index (χ3n) is 4.44. The van der Waals surface area contributed by atoms with Crippen LogP contribution in [0, 0.1) is 6.92 Å². The van der Waals surface area contributed by atoms with E-state index < -0.39 is 5.60 Å². The molecule has 24 heavy (non-hydrogen) atoms. The number of rotatable bonds is 5. The van der Waals surface area contributed by atoms with Crippen LogP contribution in [0.15, 0.2) is 33.2 Å². The first kappa shape index (κ1) is 17.2. The van der Waals surface area contributed by atoms with Crippen molar-refractivity contribution < 1.29 is 14.3 Å². The summed E-state index contributed by atoms with van der Waals surface area (Å²) in [5.41, 5.74) is 0.746. The van der Waals surface area contributed by atoms with Gasteiger partial charge in [-0.2, -0.15) is 0 Å². The Balaban J connectivity index is 1.64. The molecule has 1 aromatic heterocycles. The molecule has 0 saturated heterocycles. The van der Waals surface area contributed by atoms with E-state index in [2.05, 4.69) is 26.2 Å². The van der Waals surface area contributed by atoms with Crippen LogP contribution in [0.2, 0.25) is 0 Å². The number of hydrogen-bond donors (Lipinski definition) is 2. The fourth-order valence-electron chi connectivity index (χ4n) is 3.02. The Kier molecular flexibility index (Phi) is 5.06. The number of aromatic nitrogens is 1. The van der Waals surface area contributed by atoms with Gasteiger partial charge >= 0.3 is 0 Å². The second-order valence-electron chi connectivity index (χ2n) is 6.42. The van der Waals surface area contributed by atoms with E-state index >= 15 is 0 Å². The topological polar surface area (TPSA) is 75.4 Å². The fourth-order valence-corrected chi connectivity index (χ4v) is 3.42. The molecule has 0 spiro atoms. The summed E-state index contributed by atoms with van der Waals surface area (Å²) in [6, 6.07) is 7.68. The van der Waals surface area contributed by atoms with Gasteiger partial charge in [-0.15, -0.1) is 0 Å². The number of carbonyl (C=O) groups is 1. The van der Waals surface area contributed by atoms with Gasteiger partial charge in [0.25, 0.3) is 0 Å². The van der Waals surface area contributed by atoms with Gasteiger partial charge in [0.2, 0.25) is 11.8 Å². The third kappa shape index (κ3) is 4.05. The fraction of sp³-hybridized carbons (Fsp3) is 0.444. The monoisotopic (exact) mass is 392 g/mol. The van der Waals surface area contributed by atoms with Crippen molar-refractivity contribution in [3.8, 4) is 11.5 Å². The number of halogens is 1. The van der Waals surface area contributed by atoms with Crippen molar-refractivity contribution in [3.63, 3.8) is 0 Å². The van der Waals surface area contributed by atoms with Crippen molar-refractivity contribution in [1.82, 2.24) is 10.3 Å². The highest BCUT2D eigenvalue weighted by Gasteiger charge is 2.31. The van der Waals surface area contributed by atoms with E-state index in [1.807, 2.05) is 31.2 Å². The lowest BCUT2D eigenvalue weighted by Gasteiger charge is -2.22. The minimum atomic E-state index is -0.740. The van der Waals surface area contributed by atoms with Gasteiger partial charge in [-0.25, -0.2) is 4.98 Å². The van der Waals surface area contributed by atoms with Crippen molar-refractivity contribution in [2.75, 3.05) is 6.54 Å². The van der Waals surface area contributed by atoms with Gasteiger partial charge in [-0.05, 0) is 38.0 Å². The molecular weight excluding hydrogens is 372 g/mol. The van der Waals surface area contributed by atoms with Crippen molar-refractivity contribution in [2.24, 2.45) is 0 Å². The molecule has 0 atom stereocenters. The number of aryl methyl sites for hydroxylation is 1. The molecule has 3 rings (SSSR count). The molecule has 1 heterocycles. The van der Waals surface area contributed by atoms with E-state index in [-0.39, 0.29) is 12.3 Å². The quantitative estimate of drug-likeness (QED) is 0.817. The Bertz CT molecular complexity index is 736. The van der Waals surface area contributed by atoms with E-state index in [1.165, 1.54) is 0 Å². The maximum atomic E-state index is 12.2. The van der Waals surface area contributed by atoms with Gasteiger partial charge in [-0.3, -0.25) is 4.79 Å². The lowest BCUT2D eigenvalue weighted by atomic mass is 10.0. The lowest BCUT2D eigenvalue weighted by Crippen LogP contribution is -2.41. The van der Waals surface area contributed by atoms with E-state index in [0.29, 0.717) is 23.9 Å². The number of oxazole rings is 1. The van der Waals surface area contributed by atoms with Crippen molar-refractivity contribution >= 4 is 21.8 Å². The summed E-state index contributed by atoms with van der Waals surface area (Å²) >= 11 is 3.43. The highest BCUT2D eigenvalue weighted by Crippen LogP contribution is 2.28. The first-order chi connectivity index (χ1) is 11.5. The number of aliphatic hydroxyl groups is 1. The average Bonchev–Trinajstić information content (AvgIpc) is 3.13. The van der Waals surface area contributed by atoms with Crippen LogP contribution in [0.4, 0.5) is 0 Å². The maximum Gasteiger partial charge on any atom is 0.226 e. The first-order valence-electron chi connectivity index (χ1n) is 8.16. The molecule has 1 aliphatic rings. The van der Waals surface area contributed by atoms with Gasteiger partial charge in [0, 0.05) is 16.6 Å². The number of nitrogens with zero attached hydrogens (tertiary/aromatic N) is 1. The SMILES string of the molecule is Cc1oc(-c2cccc(Br)c2)nc1CC(=O)NCC1(O)CCCC1. The highest BCUT2D eigenvalue weighted by molar-refractivity contribution is 9.10. The summed E-state index contributed by atoms with van der Waals surface area (Å²) in [6.07, 6.45) is 3.70. The standard InChI is InChI=1S/C18H21BrN2O3/c1-12-15(10-16(22)20-11-18(23)7-2-3-8-18)21-17(24-12)13-5-4-6-14(19)9-13/h4-6,9,23H,2-3,7-8,10-11H2,1H3,(H,20,22). The molecule has 1 amide bonds. The number of amides is 1. The summed E-state index contributed by atoms with van der Waals surface area (Å²) in [4.78, 5) is 16.6. The molecule has 1 aromatic carbocycles. The second kappa shape index (κ2) is 7.07. The van der Waals surface area contributed by atoms with Crippen molar-refractivity contribution in [2.45, 2.75) is 44.6 Å². The Morgan fingerprint density at radius 2 is 2.17 bits per heavy atom. The predicted octanol–water partition coefficient (Wildman–Crippen LogP) is 3.38. The Morgan fingerprint density at radius 1 is 1.42 bits per heavy atom. The summed E-state index contributed by atoms with van der Waals surface area (Å²) in [7, 11) is 0. The molecule has 2 N–H and O–H groups in total. The van der Waals surface area contributed by atoms with Crippen molar-refractivity contribution in [1.29, 1.82) is 0 Å². The van der Waals surface area contributed by atoms with Crippen LogP contribution in [0.25, 0.3) is 11.5 Å². The Morgan fingerprint density at radius 3 is 2.88 bits per heavy atom. The molecule has 0 radical (unpaired) electrons. The van der Waals surface area contributed by atoms with E-state index in [1.54, 1.807) is 0 Å². The minimum absolute atomic E-state index is 0.146. The third-order valence-corrected chi connectivity index (χ3v) is 4.93. The Labute approximate surface area is 149 Å². The molecule has 2 aromatic rings. The van der Waals surface area contributed by atoms with Crippen LogP contribution in [0.3, 0.4) is 0 Å². The van der Waals surface area contributed by atoms with Crippen LogP contribution >= 0.6 is 15.9 Å². The van der Waals surface area contributed by atoms with Gasteiger partial charge in [-0.1, -0.05) is 34.8 Å². The average molecular weight is 393 g/mol. The van der Waals surface area contributed by atoms with Crippen LogP contribution in [0.5, 0.6) is 0 Å². The number of benzene rings is 1. The molecule has 0 unspecified atom stereocenters. The smallest absolute Gasteiger partial charge is 0.226 e. The zero-order valence-corrected chi connectivity index (χ0v) is 15.2. The normalized spacial score (nSPS) is 16.3. The van der Waals surface area contributed by atoms with Gasteiger partial charge < -0.3 is 14.8 Å². The largest absolute Gasteiger partial charge is 0.441 e. The maximum absolute atomic E-state index is 12.2. The molecule has 1 saturated carbocycles. The van der Waals surface area contributed by atoms with Gasteiger partial charge in [0.1, 0.15) is 5.76 Å². The molecular formula is C18H21BrN2O3. The van der Waals surface area contributed by atoms with Crippen LogP contribution < -0.4 is 5.32 Å². The predicted molar refractivity (Wildman–Crippen MR) is 94.5 cm³/mol. The van der Waals surface area contributed by atoms with Crippen molar-refractivity contribution in [3.05, 3.63) is 40.2 Å². The van der Waals surface area contributed by atoms with Gasteiger partial charge in [0.05, 0.1) is 17.7 Å². The molecule has 0 aliphatic heterocycles. The minimum Gasteiger partial charge on any atom is -0.441 e. The zero-order chi connectivity index (χ0) is 17.2. The van der Waals surface area contributed by atoms with Crippen LogP contribution in [-0.2, 0) is 11.2 Å². The van der Waals surface area contributed by atoms with Gasteiger partial charge in [0.15, 0.2) is 0 Å². The van der Waals surface area contributed by atoms with Crippen LogP contribution in [0.1, 0.15) is 37.1 Å². The number of hydrogen-bond acceptors (Lipinski definition) is 4. The summed E-state index contributed by atoms with van der Waals surface area (Å²) in [6.45, 7) is 2.11. The lowest BCUT2D eigenvalue weighted by molar-refractivity contribution is -0.121. The molecule has 0 bridgehead atoms. The number of carbonyl (C=O) groups excluding carboxylic acids is 1. The first-order valence-corrected chi connectivity index (χ1v) is 8.96. The zero-order valence-electron chi connectivity index (χ0n) is 13.6. The summed E-state index contributed by atoms with van der Waals surface area (Å²) in [5.74, 6) is 0.998. The number of nitrogens with one attached hydrogen (secondary N) is 1. The second-order valence-corrected chi connectivity index (χ2v) is 7.33. The molecule has 5 nitrogen and oxygen atoms in total. The molecule has 128 valence electrons. The highest BCUT2D eigenvalue weighted by atomic mass is 79.9. The molecule has 6 heteroatoms. The van der Waals surface area contributed by atoms with E-state index in [0.717, 1.165) is 35.7 Å². The van der Waals surface area contributed by atoms with E-state index in [4.69, 9.17) is 4.42 Å². The Hall–Kier alpha value is -1.66. The molecule has 1 aliphatic carbocycles. The summed E-state index contributed by atoms with van der Waals surface area (Å²) < 4.78 is 6.64. The summed E-state index contributed by atoms with van der Waals surface area (Å²) in [5, 5.41) is 13.1. The van der Waals surface area contributed by atoms with E-state index in [9.17, 15) is 9.90 Å².